The second-order valence-electron chi connectivity index (χ2n) is 10.9. The van der Waals surface area contributed by atoms with E-state index in [2.05, 4.69) is 54.6 Å². The summed E-state index contributed by atoms with van der Waals surface area (Å²) in [5.41, 5.74) is 5.21. The average Bonchev–Trinajstić information content (AvgIpc) is 3.63. The molecule has 0 bridgehead atoms. The SMILES string of the molecule is CC(C)(C)[C@H]1C/C(=C\c2cccs2)c2nc3ccccc3c(C(=O)OCc3nnc(-c4ccccc4)o3)c2C1. The average molecular weight is 536 g/mol. The van der Waals surface area contributed by atoms with Gasteiger partial charge in [-0.3, -0.25) is 0 Å². The Morgan fingerprint density at radius 1 is 1.03 bits per heavy atom. The second kappa shape index (κ2) is 10.2. The van der Waals surface area contributed by atoms with Crippen LogP contribution < -0.4 is 0 Å². The molecule has 0 aliphatic heterocycles. The van der Waals surface area contributed by atoms with Crippen molar-refractivity contribution >= 4 is 39.9 Å². The molecule has 1 aliphatic rings. The molecular weight excluding hydrogens is 506 g/mol. The fraction of sp³-hybridized carbons (Fsp3) is 0.250. The van der Waals surface area contributed by atoms with Crippen molar-refractivity contribution in [3.8, 4) is 11.5 Å². The van der Waals surface area contributed by atoms with Crippen LogP contribution in [0.4, 0.5) is 0 Å². The van der Waals surface area contributed by atoms with Crippen LogP contribution in [0.5, 0.6) is 0 Å². The van der Waals surface area contributed by atoms with Gasteiger partial charge in [0.2, 0.25) is 5.89 Å². The van der Waals surface area contributed by atoms with E-state index in [0.29, 0.717) is 17.4 Å². The van der Waals surface area contributed by atoms with Gasteiger partial charge in [0, 0.05) is 15.8 Å². The third-order valence-corrected chi connectivity index (χ3v) is 8.14. The van der Waals surface area contributed by atoms with E-state index in [1.807, 2.05) is 54.6 Å². The minimum atomic E-state index is -0.408. The maximum atomic E-state index is 13.8. The van der Waals surface area contributed by atoms with Crippen LogP contribution in [0.15, 0.2) is 76.5 Å². The van der Waals surface area contributed by atoms with Crippen molar-refractivity contribution in [1.82, 2.24) is 15.2 Å². The summed E-state index contributed by atoms with van der Waals surface area (Å²) in [5, 5.41) is 11.1. The lowest BCUT2D eigenvalue weighted by Gasteiger charge is -2.36. The molecule has 0 amide bonds. The highest BCUT2D eigenvalue weighted by molar-refractivity contribution is 7.10. The first-order valence-electron chi connectivity index (χ1n) is 13.1. The maximum Gasteiger partial charge on any atom is 0.339 e. The largest absolute Gasteiger partial charge is 0.452 e. The monoisotopic (exact) mass is 535 g/mol. The predicted molar refractivity (Wildman–Crippen MR) is 154 cm³/mol. The molecule has 6 rings (SSSR count). The Balaban J connectivity index is 1.39. The van der Waals surface area contributed by atoms with Crippen LogP contribution in [0.1, 0.15) is 59.6 Å². The number of allylic oxidation sites excluding steroid dienone is 1. The number of aromatic nitrogens is 3. The van der Waals surface area contributed by atoms with Gasteiger partial charge in [-0.2, -0.15) is 0 Å². The van der Waals surface area contributed by atoms with E-state index in [9.17, 15) is 4.79 Å². The summed E-state index contributed by atoms with van der Waals surface area (Å²) in [5.74, 6) is 0.578. The molecule has 3 aromatic heterocycles. The van der Waals surface area contributed by atoms with E-state index in [0.717, 1.165) is 46.1 Å². The predicted octanol–water partition coefficient (Wildman–Crippen LogP) is 7.85. The lowest BCUT2D eigenvalue weighted by molar-refractivity contribution is 0.0438. The molecular formula is C32H29N3O3S. The molecule has 39 heavy (non-hydrogen) atoms. The molecule has 0 radical (unpaired) electrons. The highest BCUT2D eigenvalue weighted by Crippen LogP contribution is 2.45. The first kappa shape index (κ1) is 25.2. The van der Waals surface area contributed by atoms with Crippen molar-refractivity contribution < 1.29 is 13.9 Å². The minimum absolute atomic E-state index is 0.0522. The quantitative estimate of drug-likeness (QED) is 0.213. The van der Waals surface area contributed by atoms with Gasteiger partial charge < -0.3 is 9.15 Å². The van der Waals surface area contributed by atoms with E-state index >= 15 is 0 Å². The highest BCUT2D eigenvalue weighted by Gasteiger charge is 2.35. The summed E-state index contributed by atoms with van der Waals surface area (Å²) < 4.78 is 11.6. The van der Waals surface area contributed by atoms with Gasteiger partial charge in [0.1, 0.15) is 0 Å². The van der Waals surface area contributed by atoms with E-state index in [1.165, 1.54) is 4.88 Å². The van der Waals surface area contributed by atoms with Crippen molar-refractivity contribution in [3.05, 3.63) is 99.7 Å². The summed E-state index contributed by atoms with van der Waals surface area (Å²) >= 11 is 1.70. The number of carbonyl (C=O) groups excluding carboxylic acids is 1. The molecule has 1 atom stereocenters. The standard InChI is InChI=1S/C32H29N3O3S/c1-32(2,3)22-16-21(17-23-12-9-15-39-23)29-25(18-22)28(24-13-7-8-14-26(24)33-29)31(36)37-19-27-34-35-30(38-27)20-10-5-4-6-11-20/h4-15,17,22H,16,18-19H2,1-3H3/b21-17+/t22-/m0/s1. The Bertz CT molecular complexity index is 1660. The van der Waals surface area contributed by atoms with E-state index < -0.39 is 5.97 Å². The van der Waals surface area contributed by atoms with Crippen molar-refractivity contribution in [3.63, 3.8) is 0 Å². The van der Waals surface area contributed by atoms with E-state index in [-0.39, 0.29) is 17.9 Å². The minimum Gasteiger partial charge on any atom is -0.452 e. The molecule has 196 valence electrons. The third kappa shape index (κ3) is 5.14. The molecule has 3 heterocycles. The Kier molecular flexibility index (Phi) is 6.61. The molecule has 0 N–H and O–H groups in total. The summed E-state index contributed by atoms with van der Waals surface area (Å²) in [6.07, 6.45) is 3.88. The lowest BCUT2D eigenvalue weighted by atomic mass is 9.69. The summed E-state index contributed by atoms with van der Waals surface area (Å²) in [4.78, 5) is 20.1. The number of carbonyl (C=O) groups is 1. The molecule has 2 aromatic carbocycles. The van der Waals surface area contributed by atoms with Gasteiger partial charge in [0.15, 0.2) is 6.61 Å². The number of pyridine rings is 1. The van der Waals surface area contributed by atoms with Crippen LogP contribution in [-0.4, -0.2) is 21.2 Å². The second-order valence-corrected chi connectivity index (χ2v) is 11.9. The Morgan fingerprint density at radius 3 is 2.59 bits per heavy atom. The van der Waals surface area contributed by atoms with Crippen LogP contribution in [0, 0.1) is 11.3 Å². The Labute approximate surface area is 231 Å². The van der Waals surface area contributed by atoms with Gasteiger partial charge in [-0.15, -0.1) is 21.5 Å². The third-order valence-electron chi connectivity index (χ3n) is 7.32. The normalized spacial score (nSPS) is 16.4. The molecule has 5 aromatic rings. The molecule has 7 heteroatoms. The fourth-order valence-corrected chi connectivity index (χ4v) is 5.80. The summed E-state index contributed by atoms with van der Waals surface area (Å²) in [6, 6.07) is 21.5. The van der Waals surface area contributed by atoms with Gasteiger partial charge in [0.05, 0.1) is 16.8 Å². The first-order valence-corrected chi connectivity index (χ1v) is 14.0. The van der Waals surface area contributed by atoms with Crippen molar-refractivity contribution in [2.24, 2.45) is 11.3 Å². The van der Waals surface area contributed by atoms with Crippen LogP contribution in [-0.2, 0) is 17.8 Å². The molecule has 6 nitrogen and oxygen atoms in total. The molecule has 1 aliphatic carbocycles. The van der Waals surface area contributed by atoms with Gasteiger partial charge >= 0.3 is 5.97 Å². The number of nitrogens with zero attached hydrogens (tertiary/aromatic N) is 3. The zero-order chi connectivity index (χ0) is 27.0. The van der Waals surface area contributed by atoms with E-state index in [4.69, 9.17) is 14.1 Å². The highest BCUT2D eigenvalue weighted by atomic mass is 32.1. The first-order chi connectivity index (χ1) is 18.9. The number of hydrogen-bond acceptors (Lipinski definition) is 7. The summed E-state index contributed by atoms with van der Waals surface area (Å²) in [6.45, 7) is 6.68. The van der Waals surface area contributed by atoms with Crippen LogP contribution in [0.25, 0.3) is 34.0 Å². The fourth-order valence-electron chi connectivity index (χ4n) is 5.12. The van der Waals surface area contributed by atoms with Crippen LogP contribution >= 0.6 is 11.3 Å². The number of fused-ring (bicyclic) bond motifs is 2. The lowest BCUT2D eigenvalue weighted by Crippen LogP contribution is -2.28. The zero-order valence-electron chi connectivity index (χ0n) is 22.2. The van der Waals surface area contributed by atoms with Crippen molar-refractivity contribution in [1.29, 1.82) is 0 Å². The van der Waals surface area contributed by atoms with Crippen molar-refractivity contribution in [2.45, 2.75) is 40.2 Å². The number of benzene rings is 2. The number of hydrogen-bond donors (Lipinski definition) is 0. The zero-order valence-corrected chi connectivity index (χ0v) is 23.0. The van der Waals surface area contributed by atoms with Gasteiger partial charge in [-0.25, -0.2) is 9.78 Å². The number of thiophene rings is 1. The van der Waals surface area contributed by atoms with Gasteiger partial charge in [-0.05, 0) is 71.0 Å². The topological polar surface area (TPSA) is 78.1 Å². The van der Waals surface area contributed by atoms with Crippen LogP contribution in [0.2, 0.25) is 0 Å². The smallest absolute Gasteiger partial charge is 0.339 e. The molecule has 0 saturated carbocycles. The number of rotatable bonds is 5. The van der Waals surface area contributed by atoms with Crippen LogP contribution in [0.3, 0.4) is 0 Å². The number of ether oxygens (including phenoxy) is 1. The Morgan fingerprint density at radius 2 is 1.82 bits per heavy atom. The molecule has 0 saturated heterocycles. The molecule has 0 spiro atoms. The van der Waals surface area contributed by atoms with Gasteiger partial charge in [-0.1, -0.05) is 63.2 Å². The van der Waals surface area contributed by atoms with Crippen molar-refractivity contribution in [2.75, 3.05) is 0 Å². The molecule has 0 fully saturated rings. The number of para-hydroxylation sites is 1. The number of esters is 1. The van der Waals surface area contributed by atoms with Gasteiger partial charge in [0.25, 0.3) is 5.89 Å². The summed E-state index contributed by atoms with van der Waals surface area (Å²) in [7, 11) is 0. The Hall–Kier alpha value is -4.10. The van der Waals surface area contributed by atoms with E-state index in [1.54, 1.807) is 11.3 Å². The molecule has 0 unspecified atom stereocenters. The maximum absolute atomic E-state index is 13.8.